The number of halogens is 1. The highest BCUT2D eigenvalue weighted by atomic mass is 35.5. The first-order valence-corrected chi connectivity index (χ1v) is 4.35. The van der Waals surface area contributed by atoms with Crippen LogP contribution in [0.25, 0.3) is 0 Å². The van der Waals surface area contributed by atoms with Crippen LogP contribution in [0.2, 0.25) is 0 Å². The molecule has 0 aromatic carbocycles. The fourth-order valence-electron chi connectivity index (χ4n) is 0.836. The molecule has 0 aliphatic heterocycles. The highest BCUT2D eigenvalue weighted by Gasteiger charge is 2.00. The quantitative estimate of drug-likeness (QED) is 0.600. The van der Waals surface area contributed by atoms with Crippen molar-refractivity contribution < 1.29 is 4.79 Å². The molecular formula is C7H10ClN3O2. The Kier molecular flexibility index (Phi) is 3.57. The van der Waals surface area contributed by atoms with Gasteiger partial charge in [-0.1, -0.05) is 0 Å². The second-order valence-corrected chi connectivity index (χ2v) is 2.88. The van der Waals surface area contributed by atoms with Crippen LogP contribution in [0.4, 0.5) is 0 Å². The van der Waals surface area contributed by atoms with E-state index in [0.29, 0.717) is 18.1 Å². The molecule has 72 valence electrons. The number of hydrogen-bond donors (Lipinski definition) is 3. The Hall–Kier alpha value is -1.23. The largest absolute Gasteiger partial charge is 0.350 e. The molecule has 0 saturated heterocycles. The van der Waals surface area contributed by atoms with E-state index in [-0.39, 0.29) is 17.9 Å². The molecule has 0 saturated carbocycles. The van der Waals surface area contributed by atoms with Gasteiger partial charge in [0.1, 0.15) is 0 Å². The van der Waals surface area contributed by atoms with Crippen molar-refractivity contribution in [2.45, 2.75) is 13.0 Å². The molecule has 1 aromatic rings. The first-order valence-electron chi connectivity index (χ1n) is 3.81. The van der Waals surface area contributed by atoms with E-state index in [9.17, 15) is 9.59 Å². The second kappa shape index (κ2) is 4.71. The number of amides is 1. The standard InChI is InChI=1S/C7H10ClN3O2/c8-2-1-6(12)9-4-5-3-7(13)11-10-5/h3H,1-2,4H2,(H,9,12)(H2,10,11,13). The van der Waals surface area contributed by atoms with Gasteiger partial charge in [0, 0.05) is 18.4 Å². The molecular weight excluding hydrogens is 194 g/mol. The Bertz CT molecular complexity index is 330. The predicted molar refractivity (Wildman–Crippen MR) is 48.6 cm³/mol. The summed E-state index contributed by atoms with van der Waals surface area (Å²) in [6.45, 7) is 0.314. The third kappa shape index (κ3) is 3.33. The summed E-state index contributed by atoms with van der Waals surface area (Å²) in [5.74, 6) is 0.173. The van der Waals surface area contributed by atoms with Gasteiger partial charge in [-0.3, -0.25) is 14.7 Å². The highest BCUT2D eigenvalue weighted by molar-refractivity contribution is 6.18. The van der Waals surface area contributed by atoms with E-state index in [0.717, 1.165) is 0 Å². The summed E-state index contributed by atoms with van der Waals surface area (Å²) in [5.41, 5.74) is 0.439. The van der Waals surface area contributed by atoms with E-state index in [1.807, 2.05) is 0 Å². The molecule has 0 aliphatic carbocycles. The number of alkyl halides is 1. The van der Waals surface area contributed by atoms with Gasteiger partial charge in [0.25, 0.3) is 5.56 Å². The van der Waals surface area contributed by atoms with E-state index < -0.39 is 0 Å². The molecule has 0 fully saturated rings. The lowest BCUT2D eigenvalue weighted by molar-refractivity contribution is -0.120. The van der Waals surface area contributed by atoms with Crippen molar-refractivity contribution in [2.24, 2.45) is 0 Å². The van der Waals surface area contributed by atoms with Crippen LogP contribution in [-0.2, 0) is 11.3 Å². The van der Waals surface area contributed by atoms with E-state index in [2.05, 4.69) is 15.5 Å². The number of aromatic amines is 2. The van der Waals surface area contributed by atoms with Gasteiger partial charge in [-0.05, 0) is 0 Å². The monoisotopic (exact) mass is 203 g/mol. The Morgan fingerprint density at radius 1 is 1.54 bits per heavy atom. The Balaban J connectivity index is 2.35. The number of aromatic nitrogens is 2. The van der Waals surface area contributed by atoms with Crippen LogP contribution in [0.5, 0.6) is 0 Å². The van der Waals surface area contributed by atoms with E-state index in [1.54, 1.807) is 0 Å². The molecule has 1 heterocycles. The van der Waals surface area contributed by atoms with Gasteiger partial charge in [-0.15, -0.1) is 11.6 Å². The second-order valence-electron chi connectivity index (χ2n) is 2.50. The number of H-pyrrole nitrogens is 2. The maximum Gasteiger partial charge on any atom is 0.264 e. The predicted octanol–water partition coefficient (Wildman–Crippen LogP) is -0.0519. The fraction of sp³-hybridized carbons (Fsp3) is 0.429. The topological polar surface area (TPSA) is 77.8 Å². The van der Waals surface area contributed by atoms with Crippen molar-refractivity contribution in [3.05, 3.63) is 22.1 Å². The highest BCUT2D eigenvalue weighted by Crippen LogP contribution is 1.88. The van der Waals surface area contributed by atoms with Gasteiger partial charge in [0.05, 0.1) is 12.2 Å². The Morgan fingerprint density at radius 2 is 2.31 bits per heavy atom. The Morgan fingerprint density at radius 3 is 2.85 bits per heavy atom. The molecule has 0 radical (unpaired) electrons. The van der Waals surface area contributed by atoms with Crippen LogP contribution in [0.3, 0.4) is 0 Å². The lowest BCUT2D eigenvalue weighted by Crippen LogP contribution is -2.22. The lowest BCUT2D eigenvalue weighted by Gasteiger charge is -2.00. The average molecular weight is 204 g/mol. The van der Waals surface area contributed by atoms with E-state index in [4.69, 9.17) is 11.6 Å². The van der Waals surface area contributed by atoms with Gasteiger partial charge < -0.3 is 10.4 Å². The fourth-order valence-corrected chi connectivity index (χ4v) is 1.01. The first-order chi connectivity index (χ1) is 6.22. The van der Waals surface area contributed by atoms with Crippen LogP contribution in [-0.4, -0.2) is 22.0 Å². The summed E-state index contributed by atoms with van der Waals surface area (Å²) in [7, 11) is 0. The van der Waals surface area contributed by atoms with Gasteiger partial charge in [0.2, 0.25) is 5.91 Å². The minimum atomic E-state index is -0.207. The molecule has 6 heteroatoms. The number of hydrogen-bond acceptors (Lipinski definition) is 2. The molecule has 1 rings (SSSR count). The van der Waals surface area contributed by atoms with E-state index >= 15 is 0 Å². The minimum Gasteiger partial charge on any atom is -0.350 e. The van der Waals surface area contributed by atoms with Crippen molar-refractivity contribution in [3.63, 3.8) is 0 Å². The smallest absolute Gasteiger partial charge is 0.264 e. The van der Waals surface area contributed by atoms with Gasteiger partial charge in [0.15, 0.2) is 0 Å². The molecule has 13 heavy (non-hydrogen) atoms. The summed E-state index contributed by atoms with van der Waals surface area (Å²) in [5, 5.41) is 7.58. The summed E-state index contributed by atoms with van der Waals surface area (Å²) < 4.78 is 0. The molecule has 0 aliphatic rings. The van der Waals surface area contributed by atoms with Crippen LogP contribution in [0.1, 0.15) is 12.1 Å². The van der Waals surface area contributed by atoms with Gasteiger partial charge in [-0.25, -0.2) is 0 Å². The molecule has 0 unspecified atom stereocenters. The zero-order chi connectivity index (χ0) is 9.68. The maximum atomic E-state index is 10.9. The van der Waals surface area contributed by atoms with Crippen LogP contribution >= 0.6 is 11.6 Å². The molecule has 3 N–H and O–H groups in total. The third-order valence-electron chi connectivity index (χ3n) is 1.45. The van der Waals surface area contributed by atoms with Gasteiger partial charge in [-0.2, -0.15) is 0 Å². The average Bonchev–Trinajstić information content (AvgIpc) is 2.49. The molecule has 0 atom stereocenters. The Labute approximate surface area is 79.5 Å². The molecule has 0 spiro atoms. The normalized spacial score (nSPS) is 9.92. The molecule has 0 bridgehead atoms. The summed E-state index contributed by atoms with van der Waals surface area (Å²) >= 11 is 5.36. The number of nitrogens with one attached hydrogen (secondary N) is 3. The maximum absolute atomic E-state index is 10.9. The van der Waals surface area contributed by atoms with Crippen LogP contribution in [0, 0.1) is 0 Å². The van der Waals surface area contributed by atoms with Crippen molar-refractivity contribution in [1.29, 1.82) is 0 Å². The molecule has 5 nitrogen and oxygen atoms in total. The van der Waals surface area contributed by atoms with Crippen molar-refractivity contribution in [1.82, 2.24) is 15.5 Å². The van der Waals surface area contributed by atoms with Crippen molar-refractivity contribution in [3.8, 4) is 0 Å². The van der Waals surface area contributed by atoms with Crippen molar-refractivity contribution in [2.75, 3.05) is 5.88 Å². The van der Waals surface area contributed by atoms with Crippen LogP contribution < -0.4 is 10.9 Å². The summed E-state index contributed by atoms with van der Waals surface area (Å²) in [6, 6.07) is 1.39. The van der Waals surface area contributed by atoms with Crippen LogP contribution in [0.15, 0.2) is 10.9 Å². The summed E-state index contributed by atoms with van der Waals surface area (Å²) in [6.07, 6.45) is 0.288. The van der Waals surface area contributed by atoms with Crippen molar-refractivity contribution >= 4 is 17.5 Å². The first kappa shape index (κ1) is 9.85. The minimum absolute atomic E-state index is 0.128. The lowest BCUT2D eigenvalue weighted by atomic mass is 10.4. The number of rotatable bonds is 4. The SMILES string of the molecule is O=C(CCCl)NCc1cc(=O)[nH][nH]1. The number of carbonyl (C=O) groups is 1. The van der Waals surface area contributed by atoms with E-state index in [1.165, 1.54) is 6.07 Å². The third-order valence-corrected chi connectivity index (χ3v) is 1.64. The summed E-state index contributed by atoms with van der Waals surface area (Å²) in [4.78, 5) is 21.6. The molecule has 1 aromatic heterocycles. The zero-order valence-corrected chi connectivity index (χ0v) is 7.65. The molecule has 1 amide bonds. The zero-order valence-electron chi connectivity index (χ0n) is 6.89. The number of carbonyl (C=O) groups excluding carboxylic acids is 1. The van der Waals surface area contributed by atoms with Gasteiger partial charge >= 0.3 is 0 Å².